The first-order chi connectivity index (χ1) is 5.16. The minimum absolute atomic E-state index is 0. The van der Waals surface area contributed by atoms with Crippen LogP contribution in [0.1, 0.15) is 33.1 Å². The smallest absolute Gasteiger partial charge is 0.310 e. The molecule has 4 heteroatoms. The molecule has 0 aromatic rings. The Hall–Kier alpha value is 0.0231. The van der Waals surface area contributed by atoms with Crippen LogP contribution < -0.4 is 0 Å². The molecule has 0 atom stereocenters. The topological polar surface area (TPSA) is 54.4 Å². The zero-order valence-electron chi connectivity index (χ0n) is 7.59. The molecular weight excluding hydrogens is 235 g/mol. The normalized spacial score (nSPS) is 7.25. The van der Waals surface area contributed by atoms with Gasteiger partial charge in [-0.05, 0) is 6.42 Å². The van der Waals surface area contributed by atoms with Crippen molar-refractivity contribution in [2.24, 2.45) is 0 Å². The van der Waals surface area contributed by atoms with Crippen molar-refractivity contribution in [3.8, 4) is 0 Å². The summed E-state index contributed by atoms with van der Waals surface area (Å²) >= 11 is 0. The van der Waals surface area contributed by atoms with Crippen LogP contribution in [0.4, 0.5) is 0 Å². The fourth-order valence-electron chi connectivity index (χ4n) is 0.536. The van der Waals surface area contributed by atoms with Crippen molar-refractivity contribution in [1.29, 1.82) is 0 Å². The fourth-order valence-corrected chi connectivity index (χ4v) is 0.536. The summed E-state index contributed by atoms with van der Waals surface area (Å²) in [5.74, 6) is -1.22. The van der Waals surface area contributed by atoms with E-state index in [2.05, 4.69) is 6.92 Å². The Morgan fingerprint density at radius 2 is 1.75 bits per heavy atom. The van der Waals surface area contributed by atoms with Crippen molar-refractivity contribution >= 4 is 11.8 Å². The molecule has 0 aliphatic rings. The van der Waals surface area contributed by atoms with Gasteiger partial charge in [-0.2, -0.15) is 6.92 Å². The number of Topliss-reactive ketones (excluding diaryl/α,β-unsaturated/α-hetero) is 1. The number of carboxylic acids is 1. The van der Waals surface area contributed by atoms with Crippen molar-refractivity contribution < 1.29 is 40.9 Å². The molecule has 0 heterocycles. The zero-order chi connectivity index (χ0) is 9.28. The molecule has 0 saturated carbocycles. The predicted octanol–water partition coefficient (Wildman–Crippen LogP) is 1.67. The first-order valence-electron chi connectivity index (χ1n) is 3.61. The second-order valence-corrected chi connectivity index (χ2v) is 1.86. The fraction of sp³-hybridized carbons (Fsp3) is 0.625. The second kappa shape index (κ2) is 13.6. The van der Waals surface area contributed by atoms with E-state index in [-0.39, 0.29) is 38.4 Å². The number of carbonyl (C=O) groups excluding carboxylic acids is 1. The summed E-state index contributed by atoms with van der Waals surface area (Å²) in [4.78, 5) is 20.3. The predicted molar refractivity (Wildman–Crippen MR) is 43.2 cm³/mol. The first-order valence-corrected chi connectivity index (χ1v) is 3.61. The van der Waals surface area contributed by atoms with Gasteiger partial charge in [0.2, 0.25) is 0 Å². The Labute approximate surface area is 92.7 Å². The molecule has 0 spiro atoms. The van der Waals surface area contributed by atoms with E-state index in [0.29, 0.717) is 6.42 Å². The maximum Gasteiger partial charge on any atom is 0.310 e. The second-order valence-electron chi connectivity index (χ2n) is 1.86. The SMILES string of the molecule is CCCC(=O)CC(=O)O.[CH2-]C.[Zr]. The van der Waals surface area contributed by atoms with Gasteiger partial charge in [0.15, 0.2) is 0 Å². The molecule has 12 heavy (non-hydrogen) atoms. The minimum Gasteiger partial charge on any atom is -0.481 e. The number of hydrogen-bond acceptors (Lipinski definition) is 2. The van der Waals surface area contributed by atoms with Crippen LogP contribution in [0.2, 0.25) is 0 Å². The van der Waals surface area contributed by atoms with Crippen LogP contribution >= 0.6 is 0 Å². The summed E-state index contributed by atoms with van der Waals surface area (Å²) in [5, 5.41) is 8.09. The molecule has 1 N–H and O–H groups in total. The van der Waals surface area contributed by atoms with Gasteiger partial charge < -0.3 is 12.0 Å². The van der Waals surface area contributed by atoms with E-state index in [1.165, 1.54) is 0 Å². The summed E-state index contributed by atoms with van der Waals surface area (Å²) in [6.45, 7) is 6.85. The van der Waals surface area contributed by atoms with Crippen LogP contribution in [0.3, 0.4) is 0 Å². The standard InChI is InChI=1S/C6H10O3.C2H5.Zr/c1-2-3-5(7)4-6(8)9;1-2;/h2-4H2,1H3,(H,8,9);1H2,2H3;/q;-1;. The number of ketones is 1. The van der Waals surface area contributed by atoms with E-state index < -0.39 is 5.97 Å². The van der Waals surface area contributed by atoms with Crippen LogP contribution in [-0.2, 0) is 35.8 Å². The van der Waals surface area contributed by atoms with Crippen molar-refractivity contribution in [3.63, 3.8) is 0 Å². The van der Waals surface area contributed by atoms with Gasteiger partial charge >= 0.3 is 5.97 Å². The van der Waals surface area contributed by atoms with Crippen LogP contribution in [0, 0.1) is 6.92 Å². The largest absolute Gasteiger partial charge is 0.481 e. The van der Waals surface area contributed by atoms with Crippen molar-refractivity contribution in [1.82, 2.24) is 0 Å². The average molecular weight is 250 g/mol. The Morgan fingerprint density at radius 3 is 2.00 bits per heavy atom. The first kappa shape index (κ1) is 17.9. The van der Waals surface area contributed by atoms with E-state index in [0.717, 1.165) is 6.42 Å². The van der Waals surface area contributed by atoms with Gasteiger partial charge in [0.05, 0.1) is 0 Å². The molecule has 0 unspecified atom stereocenters. The van der Waals surface area contributed by atoms with Crippen LogP contribution in [-0.4, -0.2) is 16.9 Å². The third kappa shape index (κ3) is 16.5. The molecule has 0 aliphatic carbocycles. The van der Waals surface area contributed by atoms with Gasteiger partial charge in [0, 0.05) is 32.6 Å². The Kier molecular flexibility index (Phi) is 20.3. The molecule has 70 valence electrons. The Morgan fingerprint density at radius 1 is 1.33 bits per heavy atom. The van der Waals surface area contributed by atoms with E-state index in [1.807, 2.05) is 6.92 Å². The molecule has 0 aliphatic heterocycles. The Balaban J connectivity index is -0.000000249. The molecule has 0 saturated heterocycles. The third-order valence-corrected chi connectivity index (χ3v) is 0.877. The van der Waals surface area contributed by atoms with Gasteiger partial charge in [0.1, 0.15) is 12.2 Å². The molecule has 0 aromatic heterocycles. The summed E-state index contributed by atoms with van der Waals surface area (Å²) in [7, 11) is 0. The van der Waals surface area contributed by atoms with Crippen LogP contribution in [0.15, 0.2) is 0 Å². The molecule has 0 rings (SSSR count). The number of hydrogen-bond donors (Lipinski definition) is 1. The summed E-state index contributed by atoms with van der Waals surface area (Å²) < 4.78 is 0. The molecule has 0 radical (unpaired) electrons. The summed E-state index contributed by atoms with van der Waals surface area (Å²) in [6.07, 6.45) is 0.784. The van der Waals surface area contributed by atoms with E-state index in [4.69, 9.17) is 5.11 Å². The van der Waals surface area contributed by atoms with Crippen LogP contribution in [0.5, 0.6) is 0 Å². The maximum absolute atomic E-state index is 10.5. The number of aliphatic carboxylic acids is 1. The van der Waals surface area contributed by atoms with Gasteiger partial charge in [-0.1, -0.05) is 6.92 Å². The van der Waals surface area contributed by atoms with E-state index in [9.17, 15) is 9.59 Å². The minimum atomic E-state index is -1.03. The molecule has 0 fully saturated rings. The van der Waals surface area contributed by atoms with Crippen LogP contribution in [0.25, 0.3) is 0 Å². The van der Waals surface area contributed by atoms with Crippen molar-refractivity contribution in [3.05, 3.63) is 6.92 Å². The van der Waals surface area contributed by atoms with E-state index in [1.54, 1.807) is 6.92 Å². The summed E-state index contributed by atoms with van der Waals surface area (Å²) in [5.41, 5.74) is 0. The number of carboxylic acid groups (broad SMARTS) is 1. The molecule has 0 amide bonds. The molecule has 3 nitrogen and oxygen atoms in total. The van der Waals surface area contributed by atoms with Gasteiger partial charge in [-0.3, -0.25) is 9.59 Å². The zero-order valence-corrected chi connectivity index (χ0v) is 10.1. The maximum atomic E-state index is 10.5. The third-order valence-electron chi connectivity index (χ3n) is 0.877. The van der Waals surface area contributed by atoms with Gasteiger partial charge in [-0.25, -0.2) is 0 Å². The molecular formula is C8H15O3Zr-. The number of carbonyl (C=O) groups is 2. The average Bonchev–Trinajstić information content (AvgIpc) is 1.91. The Bertz CT molecular complexity index is 123. The monoisotopic (exact) mass is 249 g/mol. The van der Waals surface area contributed by atoms with Gasteiger partial charge in [-0.15, -0.1) is 0 Å². The number of rotatable bonds is 4. The molecule has 0 bridgehead atoms. The summed E-state index contributed by atoms with van der Waals surface area (Å²) in [6, 6.07) is 0. The molecule has 0 aromatic carbocycles. The van der Waals surface area contributed by atoms with Gasteiger partial charge in [0.25, 0.3) is 0 Å². The van der Waals surface area contributed by atoms with Crippen molar-refractivity contribution in [2.45, 2.75) is 33.1 Å². The van der Waals surface area contributed by atoms with Crippen molar-refractivity contribution in [2.75, 3.05) is 0 Å². The van der Waals surface area contributed by atoms with E-state index >= 15 is 0 Å². The quantitative estimate of drug-likeness (QED) is 0.610.